The van der Waals surface area contributed by atoms with Crippen molar-refractivity contribution in [3.8, 4) is 28.7 Å². The van der Waals surface area contributed by atoms with Crippen LogP contribution in [0.1, 0.15) is 67.6 Å². The van der Waals surface area contributed by atoms with Crippen LogP contribution < -0.4 is 4.74 Å². The Morgan fingerprint density at radius 2 is 1.81 bits per heavy atom. The number of fused-ring (bicyclic) bond motifs is 1. The molecule has 7 heteroatoms. The molecular formula is C25H28O7. The number of benzene rings is 2. The summed E-state index contributed by atoms with van der Waals surface area (Å²) in [6.07, 6.45) is 0.115. The number of aliphatic hydroxyl groups excluding tert-OH is 1. The quantitative estimate of drug-likeness (QED) is 0.451. The number of carbonyl (C=O) groups excluding carboxylic acids is 1. The van der Waals surface area contributed by atoms with Gasteiger partial charge in [0, 0.05) is 29.7 Å². The molecule has 0 bridgehead atoms. The fourth-order valence-electron chi connectivity index (χ4n) is 4.76. The number of aromatic hydroxyl groups is 4. The van der Waals surface area contributed by atoms with Gasteiger partial charge in [0.05, 0.1) is 0 Å². The van der Waals surface area contributed by atoms with Gasteiger partial charge in [-0.1, -0.05) is 25.0 Å². The molecule has 2 aromatic carbocycles. The second-order valence-corrected chi connectivity index (χ2v) is 9.59. The molecule has 4 rings (SSSR count). The van der Waals surface area contributed by atoms with Crippen molar-refractivity contribution >= 4 is 5.78 Å². The Labute approximate surface area is 186 Å². The summed E-state index contributed by atoms with van der Waals surface area (Å²) in [6.45, 7) is 6.47. The summed E-state index contributed by atoms with van der Waals surface area (Å²) in [7, 11) is 0. The van der Waals surface area contributed by atoms with Gasteiger partial charge >= 0.3 is 0 Å². The van der Waals surface area contributed by atoms with E-state index in [0.29, 0.717) is 6.42 Å². The fourth-order valence-corrected chi connectivity index (χ4v) is 4.76. The molecule has 0 spiro atoms. The van der Waals surface area contributed by atoms with Gasteiger partial charge in [-0.15, -0.1) is 0 Å². The molecule has 0 aromatic heterocycles. The molecule has 2 aliphatic rings. The Bertz CT molecular complexity index is 1130. The van der Waals surface area contributed by atoms with Crippen LogP contribution in [0.2, 0.25) is 0 Å². The maximum atomic E-state index is 13.0. The summed E-state index contributed by atoms with van der Waals surface area (Å²) in [5, 5.41) is 51.8. The average Bonchev–Trinajstić information content (AvgIpc) is 2.69. The molecule has 5 N–H and O–H groups in total. The topological polar surface area (TPSA) is 127 Å². The maximum absolute atomic E-state index is 13.0. The molecule has 1 aliphatic carbocycles. The van der Waals surface area contributed by atoms with E-state index in [-0.39, 0.29) is 45.1 Å². The number of Topliss-reactive ketones (excluding diaryl/α,β-unsaturated/α-hetero) is 1. The van der Waals surface area contributed by atoms with Crippen molar-refractivity contribution in [3.63, 3.8) is 0 Å². The van der Waals surface area contributed by atoms with Crippen molar-refractivity contribution in [2.75, 3.05) is 0 Å². The van der Waals surface area contributed by atoms with Crippen LogP contribution in [0.4, 0.5) is 0 Å². The number of ether oxygens (including phenoxy) is 1. The normalized spacial score (nSPS) is 22.4. The van der Waals surface area contributed by atoms with Gasteiger partial charge in [0.15, 0.2) is 12.2 Å². The van der Waals surface area contributed by atoms with E-state index in [2.05, 4.69) is 20.8 Å². The lowest BCUT2D eigenvalue weighted by Crippen LogP contribution is -2.36. The second kappa shape index (κ2) is 7.74. The molecule has 1 aliphatic heterocycles. The van der Waals surface area contributed by atoms with E-state index < -0.39 is 23.7 Å². The fraction of sp³-hybridized carbons (Fsp3) is 0.400. The van der Waals surface area contributed by atoms with Crippen molar-refractivity contribution in [2.45, 2.75) is 58.7 Å². The van der Waals surface area contributed by atoms with E-state index in [1.165, 1.54) is 23.8 Å². The van der Waals surface area contributed by atoms with Crippen molar-refractivity contribution in [1.29, 1.82) is 0 Å². The molecule has 0 radical (unpaired) electrons. The van der Waals surface area contributed by atoms with E-state index >= 15 is 0 Å². The SMILES string of the molecule is CC1=C(Cc2c(O)cc3c(c2O)C(=O)[C@H](O)[C@@H](c2ccc(O)cc2O)O3)CCC(C)(C)C1. The molecule has 1 heterocycles. The summed E-state index contributed by atoms with van der Waals surface area (Å²) in [5.74, 6) is -1.98. The summed E-state index contributed by atoms with van der Waals surface area (Å²) in [5.41, 5.74) is 2.68. The minimum atomic E-state index is -1.68. The lowest BCUT2D eigenvalue weighted by molar-refractivity contribution is 0.0202. The zero-order chi connectivity index (χ0) is 23.4. The Kier molecular flexibility index (Phi) is 5.33. The van der Waals surface area contributed by atoms with Gasteiger partial charge in [-0.3, -0.25) is 4.79 Å². The largest absolute Gasteiger partial charge is 0.508 e. The average molecular weight is 440 g/mol. The van der Waals surface area contributed by atoms with Crippen LogP contribution in [0, 0.1) is 5.41 Å². The van der Waals surface area contributed by atoms with Crippen LogP contribution in [0.15, 0.2) is 35.4 Å². The lowest BCUT2D eigenvalue weighted by Gasteiger charge is -2.33. The molecule has 0 fully saturated rings. The summed E-state index contributed by atoms with van der Waals surface area (Å²) in [4.78, 5) is 13.0. The van der Waals surface area contributed by atoms with Gasteiger partial charge in [0.25, 0.3) is 0 Å². The molecular weight excluding hydrogens is 412 g/mol. The monoisotopic (exact) mass is 440 g/mol. The van der Waals surface area contributed by atoms with Crippen molar-refractivity contribution in [2.24, 2.45) is 5.41 Å². The van der Waals surface area contributed by atoms with Gasteiger partial charge < -0.3 is 30.3 Å². The van der Waals surface area contributed by atoms with E-state index in [1.54, 1.807) is 0 Å². The molecule has 0 saturated carbocycles. The van der Waals surface area contributed by atoms with Crippen LogP contribution in [0.3, 0.4) is 0 Å². The third-order valence-corrected chi connectivity index (χ3v) is 6.56. The molecule has 2 atom stereocenters. The van der Waals surface area contributed by atoms with Gasteiger partial charge in [-0.05, 0) is 43.7 Å². The third kappa shape index (κ3) is 3.77. The summed E-state index contributed by atoms with van der Waals surface area (Å²) in [6, 6.07) is 4.97. The van der Waals surface area contributed by atoms with E-state index in [1.807, 2.05) is 0 Å². The zero-order valence-electron chi connectivity index (χ0n) is 18.3. The van der Waals surface area contributed by atoms with E-state index in [0.717, 1.165) is 30.9 Å². The van der Waals surface area contributed by atoms with Crippen molar-refractivity contribution < 1.29 is 35.1 Å². The van der Waals surface area contributed by atoms with Gasteiger partial charge in [-0.2, -0.15) is 0 Å². The number of allylic oxidation sites excluding steroid dienone is 2. The van der Waals surface area contributed by atoms with Crippen LogP contribution >= 0.6 is 0 Å². The first-order chi connectivity index (χ1) is 15.0. The smallest absolute Gasteiger partial charge is 0.202 e. The predicted octanol–water partition coefficient (Wildman–Crippen LogP) is 4.26. The number of carbonyl (C=O) groups is 1. The number of hydrogen-bond acceptors (Lipinski definition) is 7. The minimum Gasteiger partial charge on any atom is -0.508 e. The van der Waals surface area contributed by atoms with Crippen LogP contribution in [-0.2, 0) is 6.42 Å². The highest BCUT2D eigenvalue weighted by Gasteiger charge is 2.41. The lowest BCUT2D eigenvalue weighted by atomic mass is 9.73. The van der Waals surface area contributed by atoms with E-state index in [9.17, 15) is 30.3 Å². The summed E-state index contributed by atoms with van der Waals surface area (Å²) < 4.78 is 5.73. The maximum Gasteiger partial charge on any atom is 0.202 e. The van der Waals surface area contributed by atoms with Crippen molar-refractivity contribution in [1.82, 2.24) is 0 Å². The number of rotatable bonds is 3. The Hall–Kier alpha value is -3.19. The molecule has 170 valence electrons. The van der Waals surface area contributed by atoms with Gasteiger partial charge in [-0.25, -0.2) is 0 Å². The Morgan fingerprint density at radius 3 is 2.47 bits per heavy atom. The first kappa shape index (κ1) is 22.0. The Morgan fingerprint density at radius 1 is 1.09 bits per heavy atom. The number of phenols is 4. The molecule has 0 unspecified atom stereocenters. The zero-order valence-corrected chi connectivity index (χ0v) is 18.3. The molecule has 0 saturated heterocycles. The van der Waals surface area contributed by atoms with Crippen LogP contribution in [0.25, 0.3) is 0 Å². The van der Waals surface area contributed by atoms with E-state index in [4.69, 9.17) is 4.74 Å². The highest BCUT2D eigenvalue weighted by Crippen LogP contribution is 2.48. The van der Waals surface area contributed by atoms with Crippen LogP contribution in [-0.4, -0.2) is 37.4 Å². The highest BCUT2D eigenvalue weighted by molar-refractivity contribution is 6.06. The van der Waals surface area contributed by atoms with Gasteiger partial charge in [0.1, 0.15) is 34.3 Å². The van der Waals surface area contributed by atoms with Gasteiger partial charge in [0.2, 0.25) is 5.78 Å². The molecule has 7 nitrogen and oxygen atoms in total. The summed E-state index contributed by atoms with van der Waals surface area (Å²) >= 11 is 0. The highest BCUT2D eigenvalue weighted by atomic mass is 16.5. The first-order valence-corrected chi connectivity index (χ1v) is 10.6. The van der Waals surface area contributed by atoms with Crippen molar-refractivity contribution in [3.05, 3.63) is 52.1 Å². The third-order valence-electron chi connectivity index (χ3n) is 6.56. The number of hydrogen-bond donors (Lipinski definition) is 5. The predicted molar refractivity (Wildman–Crippen MR) is 117 cm³/mol. The number of aliphatic hydroxyl groups is 1. The number of phenolic OH excluding ortho intramolecular Hbond substituents is 4. The number of ketones is 1. The van der Waals surface area contributed by atoms with Crippen LogP contribution in [0.5, 0.6) is 28.7 Å². The molecule has 0 amide bonds. The minimum absolute atomic E-state index is 0.0768. The molecule has 32 heavy (non-hydrogen) atoms. The standard InChI is InChI=1S/C25H28O7/c1-12-11-25(2,3)7-6-13(12)8-16-18(28)10-19-20(21(16)29)22(30)23(31)24(32-19)15-5-4-14(26)9-17(15)27/h4-5,9-10,23-24,26-29,31H,6-8,11H2,1-3H3/t23-,24+/m0/s1. The first-order valence-electron chi connectivity index (χ1n) is 10.6. The Balaban J connectivity index is 1.72. The second-order valence-electron chi connectivity index (χ2n) is 9.59. The molecule has 2 aromatic rings.